The minimum atomic E-state index is -0.429. The molecule has 0 saturated carbocycles. The van der Waals surface area contributed by atoms with E-state index in [-0.39, 0.29) is 18.3 Å². The first-order chi connectivity index (χ1) is 12.5. The summed E-state index contributed by atoms with van der Waals surface area (Å²) >= 11 is 6.58. The Bertz CT molecular complexity index is 775. The fraction of sp³-hybridized carbons (Fsp3) is 0.278. The van der Waals surface area contributed by atoms with Gasteiger partial charge in [-0.05, 0) is 37.7 Å². The molecule has 1 heterocycles. The second-order valence-corrected chi connectivity index (χ2v) is 6.51. The summed E-state index contributed by atoms with van der Waals surface area (Å²) in [6, 6.07) is 11.5. The van der Waals surface area contributed by atoms with Gasteiger partial charge in [0.1, 0.15) is 11.5 Å². The molecule has 1 aromatic heterocycles. The number of anilines is 1. The van der Waals surface area contributed by atoms with Crippen LogP contribution in [0.4, 0.5) is 5.00 Å². The number of hydrogen-bond acceptors (Lipinski definition) is 6. The second-order valence-electron chi connectivity index (χ2n) is 5.05. The molecule has 138 valence electrons. The van der Waals surface area contributed by atoms with Gasteiger partial charge in [-0.2, -0.15) is 0 Å². The van der Waals surface area contributed by atoms with E-state index >= 15 is 0 Å². The Hall–Kier alpha value is -2.45. The van der Waals surface area contributed by atoms with Crippen molar-refractivity contribution in [1.29, 1.82) is 0 Å². The predicted octanol–water partition coefficient (Wildman–Crippen LogP) is 3.44. The summed E-state index contributed by atoms with van der Waals surface area (Å²) in [4.78, 5) is 24.6. The van der Waals surface area contributed by atoms with E-state index < -0.39 is 11.9 Å². The number of thiocarbonyl (C=S) groups is 1. The van der Waals surface area contributed by atoms with Crippen molar-refractivity contribution in [2.75, 3.05) is 25.1 Å². The molecule has 0 radical (unpaired) electrons. The Kier molecular flexibility index (Phi) is 7.55. The number of ether oxygens (including phenoxy) is 2. The molecule has 0 amide bonds. The molecular weight excluding hydrogens is 372 g/mol. The van der Waals surface area contributed by atoms with Gasteiger partial charge in [0.2, 0.25) is 0 Å². The third-order valence-electron chi connectivity index (χ3n) is 3.21. The quantitative estimate of drug-likeness (QED) is 0.552. The zero-order valence-corrected chi connectivity index (χ0v) is 16.2. The van der Waals surface area contributed by atoms with E-state index in [1.165, 1.54) is 11.3 Å². The average molecular weight is 393 g/mol. The van der Waals surface area contributed by atoms with Crippen LogP contribution in [0.15, 0.2) is 36.4 Å². The fourth-order valence-electron chi connectivity index (χ4n) is 2.10. The highest BCUT2D eigenvalue weighted by Crippen LogP contribution is 2.35. The van der Waals surface area contributed by atoms with Crippen molar-refractivity contribution in [3.05, 3.63) is 42.0 Å². The molecule has 0 fully saturated rings. The highest BCUT2D eigenvalue weighted by Gasteiger charge is 2.19. The Morgan fingerprint density at radius 2 is 1.81 bits per heavy atom. The molecule has 6 nitrogen and oxygen atoms in total. The molecule has 0 atom stereocenters. The van der Waals surface area contributed by atoms with Crippen molar-refractivity contribution in [3.8, 4) is 10.4 Å². The number of esters is 2. The minimum Gasteiger partial charge on any atom is -0.465 e. The van der Waals surface area contributed by atoms with Crippen LogP contribution in [-0.2, 0) is 14.3 Å². The number of rotatable bonds is 7. The van der Waals surface area contributed by atoms with Crippen molar-refractivity contribution in [1.82, 2.24) is 5.32 Å². The van der Waals surface area contributed by atoms with Crippen molar-refractivity contribution < 1.29 is 19.1 Å². The average Bonchev–Trinajstić information content (AvgIpc) is 3.05. The largest absolute Gasteiger partial charge is 0.465 e. The monoisotopic (exact) mass is 392 g/mol. The molecule has 0 aliphatic rings. The molecule has 2 rings (SSSR count). The Labute approximate surface area is 161 Å². The van der Waals surface area contributed by atoms with E-state index in [2.05, 4.69) is 10.6 Å². The first kappa shape index (κ1) is 19.9. The molecule has 0 spiro atoms. The Balaban J connectivity index is 2.17. The third kappa shape index (κ3) is 5.53. The smallest absolute Gasteiger partial charge is 0.341 e. The molecule has 0 bridgehead atoms. The molecule has 0 saturated heterocycles. The Morgan fingerprint density at radius 1 is 1.12 bits per heavy atom. The van der Waals surface area contributed by atoms with Crippen LogP contribution in [0.5, 0.6) is 0 Å². The number of carbonyl (C=O) groups excluding carboxylic acids is 2. The maximum Gasteiger partial charge on any atom is 0.341 e. The molecule has 2 aromatic rings. The van der Waals surface area contributed by atoms with Crippen LogP contribution < -0.4 is 10.6 Å². The van der Waals surface area contributed by atoms with Crippen molar-refractivity contribution >= 4 is 45.6 Å². The van der Waals surface area contributed by atoms with Gasteiger partial charge >= 0.3 is 11.9 Å². The molecule has 0 unspecified atom stereocenters. The molecule has 1 aromatic carbocycles. The summed E-state index contributed by atoms with van der Waals surface area (Å²) in [5.74, 6) is -0.833. The van der Waals surface area contributed by atoms with Gasteiger partial charge in [-0.25, -0.2) is 4.79 Å². The number of thiophene rings is 1. The van der Waals surface area contributed by atoms with Crippen LogP contribution in [0, 0.1) is 0 Å². The van der Waals surface area contributed by atoms with Gasteiger partial charge in [0.25, 0.3) is 0 Å². The summed E-state index contributed by atoms with van der Waals surface area (Å²) in [7, 11) is 0. The lowest BCUT2D eigenvalue weighted by Crippen LogP contribution is -2.34. The number of hydrogen-bond donors (Lipinski definition) is 2. The van der Waals surface area contributed by atoms with Gasteiger partial charge in [0.05, 0.1) is 18.8 Å². The van der Waals surface area contributed by atoms with E-state index in [1.54, 1.807) is 19.9 Å². The summed E-state index contributed by atoms with van der Waals surface area (Å²) in [6.45, 7) is 4.02. The lowest BCUT2D eigenvalue weighted by molar-refractivity contribution is -0.141. The molecule has 2 N–H and O–H groups in total. The predicted molar refractivity (Wildman–Crippen MR) is 107 cm³/mol. The topological polar surface area (TPSA) is 76.7 Å². The lowest BCUT2D eigenvalue weighted by Gasteiger charge is -2.10. The SMILES string of the molecule is CCOC(=O)CNC(=S)Nc1sc(-c2ccccc2)cc1C(=O)OCC. The van der Waals surface area contributed by atoms with E-state index in [4.69, 9.17) is 21.7 Å². The van der Waals surface area contributed by atoms with Crippen LogP contribution in [0.25, 0.3) is 10.4 Å². The van der Waals surface area contributed by atoms with E-state index in [1.807, 2.05) is 30.3 Å². The van der Waals surface area contributed by atoms with E-state index in [9.17, 15) is 9.59 Å². The van der Waals surface area contributed by atoms with Crippen molar-refractivity contribution in [2.45, 2.75) is 13.8 Å². The van der Waals surface area contributed by atoms with E-state index in [0.717, 1.165) is 10.4 Å². The van der Waals surface area contributed by atoms with Crippen LogP contribution in [0.2, 0.25) is 0 Å². The molecule has 8 heteroatoms. The van der Waals surface area contributed by atoms with Crippen LogP contribution in [0.1, 0.15) is 24.2 Å². The second kappa shape index (κ2) is 9.88. The van der Waals surface area contributed by atoms with E-state index in [0.29, 0.717) is 17.2 Å². The zero-order chi connectivity index (χ0) is 18.9. The summed E-state index contributed by atoms with van der Waals surface area (Å²) in [5, 5.41) is 6.52. The molecular formula is C18H20N2O4S2. The van der Waals surface area contributed by atoms with Crippen molar-refractivity contribution in [2.24, 2.45) is 0 Å². The summed E-state index contributed by atoms with van der Waals surface area (Å²) < 4.78 is 9.96. The Morgan fingerprint density at radius 3 is 2.46 bits per heavy atom. The van der Waals surface area contributed by atoms with Gasteiger partial charge in [-0.3, -0.25) is 4.79 Å². The lowest BCUT2D eigenvalue weighted by atomic mass is 10.1. The maximum absolute atomic E-state index is 12.2. The highest BCUT2D eigenvalue weighted by atomic mass is 32.1. The summed E-state index contributed by atoms with van der Waals surface area (Å²) in [5.41, 5.74) is 1.39. The van der Waals surface area contributed by atoms with Gasteiger partial charge in [-0.1, -0.05) is 30.3 Å². The molecule has 26 heavy (non-hydrogen) atoms. The number of benzene rings is 1. The van der Waals surface area contributed by atoms with Gasteiger partial charge in [-0.15, -0.1) is 11.3 Å². The summed E-state index contributed by atoms with van der Waals surface area (Å²) in [6.07, 6.45) is 0. The van der Waals surface area contributed by atoms with Gasteiger partial charge in [0, 0.05) is 4.88 Å². The van der Waals surface area contributed by atoms with Crippen LogP contribution >= 0.6 is 23.6 Å². The van der Waals surface area contributed by atoms with Crippen molar-refractivity contribution in [3.63, 3.8) is 0 Å². The number of carbonyl (C=O) groups is 2. The van der Waals surface area contributed by atoms with Crippen LogP contribution in [-0.4, -0.2) is 36.8 Å². The first-order valence-electron chi connectivity index (χ1n) is 8.12. The normalized spacial score (nSPS) is 10.1. The van der Waals surface area contributed by atoms with Gasteiger partial charge in [0.15, 0.2) is 5.11 Å². The van der Waals surface area contributed by atoms with Crippen LogP contribution in [0.3, 0.4) is 0 Å². The fourth-order valence-corrected chi connectivity index (χ4v) is 3.40. The standard InChI is InChI=1S/C18H20N2O4S2/c1-3-23-15(21)11-19-18(25)20-16-13(17(22)24-4-2)10-14(26-16)12-8-6-5-7-9-12/h5-10H,3-4,11H2,1-2H3,(H2,19,20,25). The first-order valence-corrected chi connectivity index (χ1v) is 9.34. The number of nitrogens with one attached hydrogen (secondary N) is 2. The third-order valence-corrected chi connectivity index (χ3v) is 4.56. The highest BCUT2D eigenvalue weighted by molar-refractivity contribution is 7.80. The zero-order valence-electron chi connectivity index (χ0n) is 14.5. The van der Waals surface area contributed by atoms with Gasteiger partial charge < -0.3 is 20.1 Å². The maximum atomic E-state index is 12.2. The molecule has 0 aliphatic heterocycles. The molecule has 0 aliphatic carbocycles. The minimum absolute atomic E-state index is 0.0503.